The number of para-hydroxylation sites is 1. The fourth-order valence-corrected chi connectivity index (χ4v) is 3.52. The smallest absolute Gasteiger partial charge is 0.255 e. The molecule has 180 valence electrons. The summed E-state index contributed by atoms with van der Waals surface area (Å²) < 4.78 is 5.75. The number of amides is 4. The lowest BCUT2D eigenvalue weighted by molar-refractivity contribution is -0.138. The second kappa shape index (κ2) is 11.1. The van der Waals surface area contributed by atoms with E-state index in [4.69, 9.17) is 4.74 Å². The monoisotopic (exact) mass is 460 g/mol. The molecule has 0 saturated heterocycles. The normalized spacial score (nSPS) is 23.7. The highest BCUT2D eigenvalue weighted by atomic mass is 16.5. The van der Waals surface area contributed by atoms with Gasteiger partial charge in [-0.15, -0.1) is 0 Å². The molecule has 3 atom stereocenters. The van der Waals surface area contributed by atoms with E-state index in [1.165, 1.54) is 11.8 Å². The van der Waals surface area contributed by atoms with Gasteiger partial charge in [-0.3, -0.25) is 19.2 Å². The lowest BCUT2D eigenvalue weighted by atomic mass is 10.1. The van der Waals surface area contributed by atoms with Crippen LogP contribution in [0.3, 0.4) is 0 Å². The quantitative estimate of drug-likeness (QED) is 0.492. The Labute approximate surface area is 193 Å². The number of rotatable bonds is 4. The van der Waals surface area contributed by atoms with Gasteiger partial charge in [0.25, 0.3) is 5.91 Å². The molecule has 0 radical (unpaired) electrons. The number of ether oxygens (including phenoxy) is 1. The maximum atomic E-state index is 13.0. The van der Waals surface area contributed by atoms with Gasteiger partial charge in [0.1, 0.15) is 24.4 Å². The molecule has 3 rings (SSSR count). The number of aliphatic hydroxyl groups is 1. The van der Waals surface area contributed by atoms with Crippen LogP contribution in [0, 0.1) is 5.92 Å². The van der Waals surface area contributed by atoms with Gasteiger partial charge in [0, 0.05) is 20.0 Å². The number of carbonyl (C=O) groups is 4. The molecular formula is C23H32N4O6. The van der Waals surface area contributed by atoms with Gasteiger partial charge in [-0.25, -0.2) is 0 Å². The number of carbonyl (C=O) groups excluding carboxylic acids is 4. The first-order valence-corrected chi connectivity index (χ1v) is 11.3. The fourth-order valence-electron chi connectivity index (χ4n) is 3.52. The number of aliphatic hydroxyl groups excluding tert-OH is 1. The molecule has 10 heteroatoms. The third kappa shape index (κ3) is 6.92. The molecule has 1 aromatic carbocycles. The van der Waals surface area contributed by atoms with E-state index in [2.05, 4.69) is 16.0 Å². The Bertz CT molecular complexity index is 885. The number of nitrogens with one attached hydrogen (secondary N) is 3. The van der Waals surface area contributed by atoms with Gasteiger partial charge in [0.15, 0.2) is 0 Å². The highest BCUT2D eigenvalue weighted by Crippen LogP contribution is 2.27. The number of nitrogens with zero attached hydrogens (tertiary/aromatic N) is 1. The molecule has 0 bridgehead atoms. The molecule has 2 aliphatic rings. The van der Waals surface area contributed by atoms with E-state index in [9.17, 15) is 24.3 Å². The topological polar surface area (TPSA) is 137 Å². The molecule has 1 aliphatic heterocycles. The number of hydrogen-bond acceptors (Lipinski definition) is 6. The minimum absolute atomic E-state index is 0.0354. The maximum Gasteiger partial charge on any atom is 0.255 e. The van der Waals surface area contributed by atoms with E-state index in [0.29, 0.717) is 18.2 Å². The largest absolute Gasteiger partial charge is 0.491 e. The minimum atomic E-state index is -1.13. The fraction of sp³-hybridized carbons (Fsp3) is 0.565. The predicted molar refractivity (Wildman–Crippen MR) is 119 cm³/mol. The summed E-state index contributed by atoms with van der Waals surface area (Å²) in [6, 6.07) is 4.57. The third-order valence-electron chi connectivity index (χ3n) is 5.80. The Morgan fingerprint density at radius 1 is 1.21 bits per heavy atom. The predicted octanol–water partition coefficient (Wildman–Crippen LogP) is -0.192. The zero-order valence-corrected chi connectivity index (χ0v) is 19.0. The summed E-state index contributed by atoms with van der Waals surface area (Å²) in [5.74, 6) is -1.03. The van der Waals surface area contributed by atoms with Gasteiger partial charge in [-0.05, 0) is 44.2 Å². The highest BCUT2D eigenvalue weighted by Gasteiger charge is 2.30. The van der Waals surface area contributed by atoms with Crippen LogP contribution >= 0.6 is 0 Å². The zero-order chi connectivity index (χ0) is 24.0. The van der Waals surface area contributed by atoms with Crippen LogP contribution in [0.25, 0.3) is 0 Å². The molecule has 0 aromatic heterocycles. The van der Waals surface area contributed by atoms with Gasteiger partial charge in [0.2, 0.25) is 17.7 Å². The highest BCUT2D eigenvalue weighted by molar-refractivity contribution is 5.99. The van der Waals surface area contributed by atoms with Crippen molar-refractivity contribution in [1.29, 1.82) is 0 Å². The van der Waals surface area contributed by atoms with E-state index < -0.39 is 35.9 Å². The van der Waals surface area contributed by atoms with Crippen LogP contribution in [0.1, 0.15) is 43.0 Å². The molecule has 4 amide bonds. The van der Waals surface area contributed by atoms with Crippen LogP contribution in [-0.4, -0.2) is 78.6 Å². The first-order chi connectivity index (χ1) is 15.8. The molecule has 1 fully saturated rings. The first-order valence-electron chi connectivity index (χ1n) is 11.3. The standard InChI is InChI=1S/C23H32N4O6/c1-14(28)20-23(32)27(2)11-12-33-18-6-4-3-5-16(18)21(30)25-17(9-10-19(29)26-20)22(31)24-13-15-7-8-15/h3-6,14-15,17,20,28H,7-13H2,1-2H3,(H,24,31)(H,25,30)(H,26,29)/t14-,17+,20+/m1/s1. The molecule has 4 N–H and O–H groups in total. The molecule has 1 saturated carbocycles. The van der Waals surface area contributed by atoms with E-state index in [-0.39, 0.29) is 37.5 Å². The lowest BCUT2D eigenvalue weighted by Gasteiger charge is -2.26. The van der Waals surface area contributed by atoms with Crippen molar-refractivity contribution in [1.82, 2.24) is 20.9 Å². The van der Waals surface area contributed by atoms with Crippen molar-refractivity contribution in [3.63, 3.8) is 0 Å². The van der Waals surface area contributed by atoms with Crippen LogP contribution in [0.2, 0.25) is 0 Å². The summed E-state index contributed by atoms with van der Waals surface area (Å²) >= 11 is 0. The summed E-state index contributed by atoms with van der Waals surface area (Å²) in [6.45, 7) is 2.23. The van der Waals surface area contributed by atoms with E-state index in [0.717, 1.165) is 12.8 Å². The summed E-state index contributed by atoms with van der Waals surface area (Å²) in [6.07, 6.45) is 0.938. The molecule has 1 aliphatic carbocycles. The second-order valence-corrected chi connectivity index (χ2v) is 8.64. The van der Waals surface area contributed by atoms with Gasteiger partial charge >= 0.3 is 0 Å². The van der Waals surface area contributed by atoms with E-state index in [1.54, 1.807) is 31.3 Å². The second-order valence-electron chi connectivity index (χ2n) is 8.64. The molecular weight excluding hydrogens is 428 g/mol. The SMILES string of the molecule is C[C@@H](O)[C@@H]1NC(=O)CC[C@@H](C(=O)NCC2CC2)NC(=O)c2ccccc2OCCN(C)C1=O. The number of benzene rings is 1. The average molecular weight is 461 g/mol. The zero-order valence-electron chi connectivity index (χ0n) is 19.0. The first kappa shape index (κ1) is 24.5. The van der Waals surface area contributed by atoms with Crippen LogP contribution < -0.4 is 20.7 Å². The van der Waals surface area contributed by atoms with Crippen molar-refractivity contribution in [2.24, 2.45) is 5.92 Å². The van der Waals surface area contributed by atoms with Gasteiger partial charge in [-0.2, -0.15) is 0 Å². The summed E-state index contributed by atoms with van der Waals surface area (Å²) in [5.41, 5.74) is 0.257. The van der Waals surface area contributed by atoms with Crippen LogP contribution in [0.4, 0.5) is 0 Å². The van der Waals surface area contributed by atoms with Crippen LogP contribution in [0.5, 0.6) is 5.75 Å². The minimum Gasteiger partial charge on any atom is -0.491 e. The molecule has 1 heterocycles. The Hall–Kier alpha value is -3.14. The van der Waals surface area contributed by atoms with Crippen LogP contribution in [0.15, 0.2) is 24.3 Å². The molecule has 1 aromatic rings. The average Bonchev–Trinajstić information content (AvgIpc) is 3.62. The third-order valence-corrected chi connectivity index (χ3v) is 5.80. The number of fused-ring (bicyclic) bond motifs is 1. The maximum absolute atomic E-state index is 13.0. The van der Waals surface area contributed by atoms with Gasteiger partial charge in [-0.1, -0.05) is 12.1 Å². The van der Waals surface area contributed by atoms with Crippen molar-refractivity contribution < 1.29 is 29.0 Å². The Balaban J connectivity index is 1.83. The van der Waals surface area contributed by atoms with Crippen LogP contribution in [-0.2, 0) is 14.4 Å². The van der Waals surface area contributed by atoms with Gasteiger partial charge < -0.3 is 30.7 Å². The van der Waals surface area contributed by atoms with Crippen molar-refractivity contribution in [2.45, 2.75) is 50.8 Å². The van der Waals surface area contributed by atoms with Crippen molar-refractivity contribution >= 4 is 23.6 Å². The number of likely N-dealkylation sites (N-methyl/N-ethyl adjacent to an activating group) is 1. The Kier molecular flexibility index (Phi) is 8.26. The molecule has 10 nitrogen and oxygen atoms in total. The summed E-state index contributed by atoms with van der Waals surface area (Å²) in [7, 11) is 1.55. The Morgan fingerprint density at radius 3 is 2.64 bits per heavy atom. The summed E-state index contributed by atoms with van der Waals surface area (Å²) in [5, 5.41) is 18.2. The van der Waals surface area contributed by atoms with Crippen molar-refractivity contribution in [3.05, 3.63) is 29.8 Å². The van der Waals surface area contributed by atoms with Gasteiger partial charge in [0.05, 0.1) is 18.2 Å². The summed E-state index contributed by atoms with van der Waals surface area (Å²) in [4.78, 5) is 52.4. The molecule has 33 heavy (non-hydrogen) atoms. The van der Waals surface area contributed by atoms with Crippen molar-refractivity contribution in [2.75, 3.05) is 26.7 Å². The lowest BCUT2D eigenvalue weighted by Crippen LogP contribution is -2.53. The van der Waals surface area contributed by atoms with E-state index >= 15 is 0 Å². The van der Waals surface area contributed by atoms with E-state index in [1.807, 2.05) is 0 Å². The van der Waals surface area contributed by atoms with Crippen molar-refractivity contribution in [3.8, 4) is 5.75 Å². The Morgan fingerprint density at radius 2 is 1.94 bits per heavy atom. The number of hydrogen-bond donors (Lipinski definition) is 4. The molecule has 0 spiro atoms. The molecule has 0 unspecified atom stereocenters.